The van der Waals surface area contributed by atoms with Crippen LogP contribution in [-0.2, 0) is 0 Å². The Bertz CT molecular complexity index is 563. The second kappa shape index (κ2) is 5.26. The summed E-state index contributed by atoms with van der Waals surface area (Å²) in [5.41, 5.74) is 3.13. The van der Waals surface area contributed by atoms with Gasteiger partial charge in [0, 0.05) is 5.69 Å². The van der Waals surface area contributed by atoms with Gasteiger partial charge in [0.15, 0.2) is 0 Å². The van der Waals surface area contributed by atoms with E-state index in [0.29, 0.717) is 22.9 Å². The molecule has 0 saturated heterocycles. The minimum atomic E-state index is -0.187. The summed E-state index contributed by atoms with van der Waals surface area (Å²) < 4.78 is 4.99. The van der Waals surface area contributed by atoms with E-state index in [4.69, 9.17) is 4.52 Å². The Kier molecular flexibility index (Phi) is 3.69. The van der Waals surface area contributed by atoms with E-state index in [1.807, 2.05) is 24.3 Å². The van der Waals surface area contributed by atoms with Crippen molar-refractivity contribution in [2.45, 2.75) is 33.6 Å². The lowest BCUT2D eigenvalue weighted by atomic mass is 10.0. The maximum Gasteiger partial charge on any atom is 0.261 e. The van der Waals surface area contributed by atoms with Crippen molar-refractivity contribution in [2.24, 2.45) is 0 Å². The Morgan fingerprint density at radius 3 is 2.32 bits per heavy atom. The predicted octanol–water partition coefficient (Wildman–Crippen LogP) is 3.67. The highest BCUT2D eigenvalue weighted by molar-refractivity contribution is 6.05. The Balaban J connectivity index is 2.15. The molecule has 0 atom stereocenters. The molecule has 0 saturated carbocycles. The molecule has 1 N–H and O–H groups in total. The normalized spacial score (nSPS) is 10.8. The van der Waals surface area contributed by atoms with E-state index in [0.717, 1.165) is 5.69 Å². The molecule has 0 spiro atoms. The van der Waals surface area contributed by atoms with E-state index in [9.17, 15) is 4.79 Å². The van der Waals surface area contributed by atoms with Crippen molar-refractivity contribution in [2.75, 3.05) is 5.32 Å². The molecule has 0 aliphatic heterocycles. The number of aryl methyl sites for hydroxylation is 2. The van der Waals surface area contributed by atoms with Crippen molar-refractivity contribution in [3.63, 3.8) is 0 Å². The van der Waals surface area contributed by atoms with E-state index < -0.39 is 0 Å². The van der Waals surface area contributed by atoms with Crippen LogP contribution in [0.15, 0.2) is 28.8 Å². The van der Waals surface area contributed by atoms with Gasteiger partial charge in [0.1, 0.15) is 11.3 Å². The van der Waals surface area contributed by atoms with Gasteiger partial charge in [0.2, 0.25) is 0 Å². The van der Waals surface area contributed by atoms with E-state index in [2.05, 4.69) is 24.3 Å². The number of anilines is 1. The van der Waals surface area contributed by atoms with Crippen molar-refractivity contribution in [1.82, 2.24) is 5.16 Å². The van der Waals surface area contributed by atoms with Crippen LogP contribution in [0.3, 0.4) is 0 Å². The highest BCUT2D eigenvalue weighted by Gasteiger charge is 2.17. The largest absolute Gasteiger partial charge is 0.361 e. The van der Waals surface area contributed by atoms with Crippen molar-refractivity contribution in [3.05, 3.63) is 46.8 Å². The third kappa shape index (κ3) is 2.84. The van der Waals surface area contributed by atoms with Gasteiger partial charge in [-0.3, -0.25) is 4.79 Å². The van der Waals surface area contributed by atoms with Gasteiger partial charge in [0.25, 0.3) is 5.91 Å². The Morgan fingerprint density at radius 2 is 1.84 bits per heavy atom. The van der Waals surface area contributed by atoms with Crippen molar-refractivity contribution >= 4 is 11.6 Å². The van der Waals surface area contributed by atoms with E-state index >= 15 is 0 Å². The fourth-order valence-corrected chi connectivity index (χ4v) is 1.95. The van der Waals surface area contributed by atoms with E-state index in [1.165, 1.54) is 5.56 Å². The van der Waals surface area contributed by atoms with Gasteiger partial charge in [-0.05, 0) is 37.5 Å². The molecular weight excluding hydrogens is 240 g/mol. The van der Waals surface area contributed by atoms with E-state index in [1.54, 1.807) is 13.8 Å². The highest BCUT2D eigenvalue weighted by atomic mass is 16.5. The zero-order valence-corrected chi connectivity index (χ0v) is 11.7. The zero-order chi connectivity index (χ0) is 14.0. The van der Waals surface area contributed by atoms with Gasteiger partial charge < -0.3 is 9.84 Å². The van der Waals surface area contributed by atoms with Crippen LogP contribution in [0.25, 0.3) is 0 Å². The lowest BCUT2D eigenvalue weighted by Crippen LogP contribution is -2.13. The van der Waals surface area contributed by atoms with Crippen LogP contribution in [0.4, 0.5) is 5.69 Å². The summed E-state index contributed by atoms with van der Waals surface area (Å²) in [6, 6.07) is 7.86. The lowest BCUT2D eigenvalue weighted by molar-refractivity contribution is 0.102. The fourth-order valence-electron chi connectivity index (χ4n) is 1.95. The van der Waals surface area contributed by atoms with Crippen LogP contribution < -0.4 is 5.32 Å². The Hall–Kier alpha value is -2.10. The molecule has 0 aliphatic carbocycles. The Labute approximate surface area is 112 Å². The number of rotatable bonds is 3. The third-order valence-electron chi connectivity index (χ3n) is 3.10. The fraction of sp³-hybridized carbons (Fsp3) is 0.333. The molecule has 19 heavy (non-hydrogen) atoms. The SMILES string of the molecule is Cc1noc(C)c1C(=O)Nc1ccc(C(C)C)cc1. The molecule has 2 aromatic rings. The van der Waals surface area contributed by atoms with E-state index in [-0.39, 0.29) is 5.91 Å². The van der Waals surface area contributed by atoms with Crippen LogP contribution in [0.1, 0.15) is 47.1 Å². The minimum Gasteiger partial charge on any atom is -0.361 e. The van der Waals surface area contributed by atoms with Crippen LogP contribution in [-0.4, -0.2) is 11.1 Å². The summed E-state index contributed by atoms with van der Waals surface area (Å²) in [4.78, 5) is 12.1. The van der Waals surface area contributed by atoms with Gasteiger partial charge in [-0.15, -0.1) is 0 Å². The van der Waals surface area contributed by atoms with Crippen molar-refractivity contribution < 1.29 is 9.32 Å². The molecule has 1 heterocycles. The molecule has 1 aromatic carbocycles. The second-order valence-electron chi connectivity index (χ2n) is 4.93. The lowest BCUT2D eigenvalue weighted by Gasteiger charge is -2.08. The molecule has 1 aromatic heterocycles. The summed E-state index contributed by atoms with van der Waals surface area (Å²) in [7, 11) is 0. The molecule has 100 valence electrons. The number of benzene rings is 1. The molecule has 0 fully saturated rings. The third-order valence-corrected chi connectivity index (χ3v) is 3.10. The first kappa shape index (κ1) is 13.3. The molecule has 0 bridgehead atoms. The second-order valence-corrected chi connectivity index (χ2v) is 4.93. The van der Waals surface area contributed by atoms with Gasteiger partial charge in [-0.2, -0.15) is 0 Å². The number of amides is 1. The van der Waals surface area contributed by atoms with Crippen molar-refractivity contribution in [3.8, 4) is 0 Å². The minimum absolute atomic E-state index is 0.187. The summed E-state index contributed by atoms with van der Waals surface area (Å²) >= 11 is 0. The zero-order valence-electron chi connectivity index (χ0n) is 11.7. The topological polar surface area (TPSA) is 55.1 Å². The number of carbonyl (C=O) groups is 1. The number of nitrogens with zero attached hydrogens (tertiary/aromatic N) is 1. The number of nitrogens with one attached hydrogen (secondary N) is 1. The van der Waals surface area contributed by atoms with Crippen LogP contribution in [0, 0.1) is 13.8 Å². The van der Waals surface area contributed by atoms with Gasteiger partial charge >= 0.3 is 0 Å². The highest BCUT2D eigenvalue weighted by Crippen LogP contribution is 2.19. The summed E-state index contributed by atoms with van der Waals surface area (Å²) in [6.45, 7) is 7.76. The van der Waals surface area contributed by atoms with Crippen LogP contribution >= 0.6 is 0 Å². The monoisotopic (exact) mass is 258 g/mol. The molecule has 1 amide bonds. The first-order valence-electron chi connectivity index (χ1n) is 6.33. The molecular formula is C15H18N2O2. The Morgan fingerprint density at radius 1 is 1.21 bits per heavy atom. The van der Waals surface area contributed by atoms with Crippen LogP contribution in [0.5, 0.6) is 0 Å². The number of aromatic nitrogens is 1. The average molecular weight is 258 g/mol. The molecule has 4 nitrogen and oxygen atoms in total. The maximum atomic E-state index is 12.1. The van der Waals surface area contributed by atoms with Crippen LogP contribution in [0.2, 0.25) is 0 Å². The quantitative estimate of drug-likeness (QED) is 0.913. The molecule has 0 unspecified atom stereocenters. The summed E-state index contributed by atoms with van der Waals surface area (Å²) in [5, 5.41) is 6.63. The number of hydrogen-bond donors (Lipinski definition) is 1. The van der Waals surface area contributed by atoms with Gasteiger partial charge in [0.05, 0.1) is 5.69 Å². The molecule has 4 heteroatoms. The number of carbonyl (C=O) groups excluding carboxylic acids is 1. The maximum absolute atomic E-state index is 12.1. The average Bonchev–Trinajstić information content (AvgIpc) is 2.69. The first-order valence-corrected chi connectivity index (χ1v) is 6.33. The van der Waals surface area contributed by atoms with Gasteiger partial charge in [-0.1, -0.05) is 31.1 Å². The molecule has 0 radical (unpaired) electrons. The van der Waals surface area contributed by atoms with Gasteiger partial charge in [-0.25, -0.2) is 0 Å². The number of hydrogen-bond acceptors (Lipinski definition) is 3. The predicted molar refractivity (Wildman–Crippen MR) is 74.5 cm³/mol. The summed E-state index contributed by atoms with van der Waals surface area (Å²) in [6.07, 6.45) is 0. The summed E-state index contributed by atoms with van der Waals surface area (Å²) in [5.74, 6) is 0.828. The smallest absolute Gasteiger partial charge is 0.261 e. The first-order chi connectivity index (χ1) is 8.99. The molecule has 0 aliphatic rings. The van der Waals surface area contributed by atoms with Crippen molar-refractivity contribution in [1.29, 1.82) is 0 Å². The molecule has 2 rings (SSSR count). The standard InChI is InChI=1S/C15H18N2O2/c1-9(2)12-5-7-13(8-6-12)16-15(18)14-10(3)17-19-11(14)4/h5-9H,1-4H3,(H,16,18).